The second-order valence-corrected chi connectivity index (χ2v) is 6.82. The quantitative estimate of drug-likeness (QED) is 0.856. The Balaban J connectivity index is 1.47. The van der Waals surface area contributed by atoms with Crippen molar-refractivity contribution in [1.82, 2.24) is 4.90 Å². The first kappa shape index (κ1) is 15.9. The van der Waals surface area contributed by atoms with Crippen molar-refractivity contribution >= 4 is 12.0 Å². The van der Waals surface area contributed by atoms with Crippen molar-refractivity contribution in [2.75, 3.05) is 6.61 Å². The average molecular weight is 335 g/mol. The lowest BCUT2D eigenvalue weighted by atomic mass is 9.96. The van der Waals surface area contributed by atoms with Gasteiger partial charge in [0, 0.05) is 6.42 Å². The summed E-state index contributed by atoms with van der Waals surface area (Å²) in [6.45, 7) is 0.278. The highest BCUT2D eigenvalue weighted by Crippen LogP contribution is 2.36. The van der Waals surface area contributed by atoms with Gasteiger partial charge in [-0.2, -0.15) is 0 Å². The zero-order chi connectivity index (χ0) is 17.2. The molecule has 1 aliphatic heterocycles. The lowest BCUT2D eigenvalue weighted by molar-refractivity contribution is -0.129. The molecular weight excluding hydrogens is 314 g/mol. The number of ether oxygens (including phenoxy) is 1. The second kappa shape index (κ2) is 6.71. The van der Waals surface area contributed by atoms with Crippen molar-refractivity contribution in [2.45, 2.75) is 37.6 Å². The van der Waals surface area contributed by atoms with Crippen LogP contribution in [0.1, 0.15) is 35.4 Å². The molecule has 2 aliphatic rings. The van der Waals surface area contributed by atoms with E-state index in [2.05, 4.69) is 12.1 Å². The van der Waals surface area contributed by atoms with E-state index in [1.54, 1.807) is 0 Å². The number of rotatable bonds is 4. The standard InChI is InChI=1S/C21H21NO3/c23-20(13-17-11-10-16-8-4-5-9-19(16)17)22-18(14-25-21(22)24)12-15-6-2-1-3-7-15/h1-9,17-18H,10-14H2/t17?,18-/m0/s1. The molecule has 1 aliphatic carbocycles. The molecule has 2 atom stereocenters. The van der Waals surface area contributed by atoms with E-state index in [1.165, 1.54) is 16.0 Å². The third-order valence-corrected chi connectivity index (χ3v) is 5.22. The maximum Gasteiger partial charge on any atom is 0.416 e. The van der Waals surface area contributed by atoms with Crippen LogP contribution in [0.2, 0.25) is 0 Å². The molecule has 0 radical (unpaired) electrons. The number of hydrogen-bond donors (Lipinski definition) is 0. The molecule has 1 unspecified atom stereocenters. The van der Waals surface area contributed by atoms with Crippen molar-refractivity contribution < 1.29 is 14.3 Å². The van der Waals surface area contributed by atoms with E-state index in [9.17, 15) is 9.59 Å². The average Bonchev–Trinajstić information content (AvgIpc) is 3.20. The van der Waals surface area contributed by atoms with Crippen molar-refractivity contribution in [2.24, 2.45) is 0 Å². The largest absolute Gasteiger partial charge is 0.447 e. The Morgan fingerprint density at radius 1 is 1.08 bits per heavy atom. The lowest BCUT2D eigenvalue weighted by Gasteiger charge is -2.21. The van der Waals surface area contributed by atoms with E-state index in [-0.39, 0.29) is 24.5 Å². The predicted octanol–water partition coefficient (Wildman–Crippen LogP) is 3.70. The van der Waals surface area contributed by atoms with Crippen LogP contribution in [0.25, 0.3) is 0 Å². The van der Waals surface area contributed by atoms with Gasteiger partial charge in [0.1, 0.15) is 6.61 Å². The van der Waals surface area contributed by atoms with Crippen molar-refractivity contribution in [3.8, 4) is 0 Å². The van der Waals surface area contributed by atoms with Gasteiger partial charge in [0.05, 0.1) is 6.04 Å². The SMILES string of the molecule is O=C(CC1CCc2ccccc21)N1C(=O)OC[C@@H]1Cc1ccccc1. The molecule has 4 heteroatoms. The van der Waals surface area contributed by atoms with Gasteiger partial charge in [-0.05, 0) is 41.9 Å². The van der Waals surface area contributed by atoms with Crippen LogP contribution >= 0.6 is 0 Å². The summed E-state index contributed by atoms with van der Waals surface area (Å²) < 4.78 is 5.17. The molecular formula is C21H21NO3. The van der Waals surface area contributed by atoms with Crippen LogP contribution in [-0.2, 0) is 22.4 Å². The molecule has 0 saturated carbocycles. The summed E-state index contributed by atoms with van der Waals surface area (Å²) in [5.41, 5.74) is 3.68. The van der Waals surface area contributed by atoms with Crippen LogP contribution in [-0.4, -0.2) is 29.5 Å². The molecule has 2 aromatic carbocycles. The van der Waals surface area contributed by atoms with E-state index in [0.29, 0.717) is 12.8 Å². The summed E-state index contributed by atoms with van der Waals surface area (Å²) in [7, 11) is 0. The molecule has 1 saturated heterocycles. The van der Waals surface area contributed by atoms with Gasteiger partial charge < -0.3 is 4.74 Å². The molecule has 0 N–H and O–H groups in total. The molecule has 2 aromatic rings. The van der Waals surface area contributed by atoms with E-state index < -0.39 is 6.09 Å². The van der Waals surface area contributed by atoms with Gasteiger partial charge in [0.25, 0.3) is 0 Å². The van der Waals surface area contributed by atoms with Crippen molar-refractivity contribution in [1.29, 1.82) is 0 Å². The third kappa shape index (κ3) is 3.16. The molecule has 4 rings (SSSR count). The van der Waals surface area contributed by atoms with Gasteiger partial charge in [0.15, 0.2) is 0 Å². The Morgan fingerprint density at radius 3 is 2.68 bits per heavy atom. The van der Waals surface area contributed by atoms with Crippen LogP contribution < -0.4 is 0 Å². The Kier molecular flexibility index (Phi) is 4.26. The van der Waals surface area contributed by atoms with Gasteiger partial charge in [-0.25, -0.2) is 9.69 Å². The van der Waals surface area contributed by atoms with Crippen molar-refractivity contribution in [3.63, 3.8) is 0 Å². The highest BCUT2D eigenvalue weighted by Gasteiger charge is 2.39. The summed E-state index contributed by atoms with van der Waals surface area (Å²) in [6, 6.07) is 18.0. The van der Waals surface area contributed by atoms with Gasteiger partial charge in [-0.15, -0.1) is 0 Å². The highest BCUT2D eigenvalue weighted by atomic mass is 16.6. The van der Waals surface area contributed by atoms with Crippen LogP contribution in [0.4, 0.5) is 4.79 Å². The molecule has 2 amide bonds. The number of cyclic esters (lactones) is 1. The molecule has 4 nitrogen and oxygen atoms in total. The summed E-state index contributed by atoms with van der Waals surface area (Å²) in [5.74, 6) is 0.0830. The zero-order valence-electron chi connectivity index (χ0n) is 14.1. The number of amides is 2. The Morgan fingerprint density at radius 2 is 1.84 bits per heavy atom. The Labute approximate surface area is 147 Å². The monoisotopic (exact) mass is 335 g/mol. The minimum atomic E-state index is -0.503. The minimum absolute atomic E-state index is 0.120. The second-order valence-electron chi connectivity index (χ2n) is 6.82. The smallest absolute Gasteiger partial charge is 0.416 e. The molecule has 1 heterocycles. The van der Waals surface area contributed by atoms with Gasteiger partial charge in [0.2, 0.25) is 5.91 Å². The number of benzene rings is 2. The first-order chi connectivity index (χ1) is 12.2. The first-order valence-corrected chi connectivity index (χ1v) is 8.83. The number of fused-ring (bicyclic) bond motifs is 1. The molecule has 0 spiro atoms. The van der Waals surface area contributed by atoms with Crippen molar-refractivity contribution in [3.05, 3.63) is 71.3 Å². The van der Waals surface area contributed by atoms with E-state index in [1.807, 2.05) is 42.5 Å². The molecule has 0 aromatic heterocycles. The van der Waals surface area contributed by atoms with Crippen LogP contribution in [0.5, 0.6) is 0 Å². The van der Waals surface area contributed by atoms with Crippen LogP contribution in [0.3, 0.4) is 0 Å². The Hall–Kier alpha value is -2.62. The van der Waals surface area contributed by atoms with Gasteiger partial charge >= 0.3 is 6.09 Å². The van der Waals surface area contributed by atoms with Crippen LogP contribution in [0.15, 0.2) is 54.6 Å². The van der Waals surface area contributed by atoms with Gasteiger partial charge in [-0.1, -0.05) is 54.6 Å². The highest BCUT2D eigenvalue weighted by molar-refractivity contribution is 5.94. The molecule has 0 bridgehead atoms. The predicted molar refractivity (Wildman–Crippen MR) is 94.2 cm³/mol. The Bertz CT molecular complexity index is 787. The fraction of sp³-hybridized carbons (Fsp3) is 0.333. The fourth-order valence-corrected chi connectivity index (χ4v) is 3.97. The number of imide groups is 1. The minimum Gasteiger partial charge on any atom is -0.447 e. The topological polar surface area (TPSA) is 46.6 Å². The number of hydrogen-bond acceptors (Lipinski definition) is 3. The summed E-state index contributed by atoms with van der Waals surface area (Å²) in [4.78, 5) is 26.3. The summed E-state index contributed by atoms with van der Waals surface area (Å²) in [5, 5.41) is 0. The summed E-state index contributed by atoms with van der Waals surface area (Å²) >= 11 is 0. The van der Waals surface area contributed by atoms with E-state index >= 15 is 0 Å². The third-order valence-electron chi connectivity index (χ3n) is 5.22. The maximum atomic E-state index is 12.8. The van der Waals surface area contributed by atoms with E-state index in [4.69, 9.17) is 4.74 Å². The van der Waals surface area contributed by atoms with Crippen LogP contribution in [0, 0.1) is 0 Å². The number of carbonyl (C=O) groups is 2. The zero-order valence-corrected chi connectivity index (χ0v) is 14.1. The maximum absolute atomic E-state index is 12.8. The van der Waals surface area contributed by atoms with E-state index in [0.717, 1.165) is 18.4 Å². The summed E-state index contributed by atoms with van der Waals surface area (Å²) in [6.07, 6.45) is 2.48. The number of aryl methyl sites for hydroxylation is 1. The molecule has 1 fully saturated rings. The normalized spacial score (nSPS) is 21.9. The van der Waals surface area contributed by atoms with Gasteiger partial charge in [-0.3, -0.25) is 4.79 Å². The number of carbonyl (C=O) groups excluding carboxylic acids is 2. The molecule has 25 heavy (non-hydrogen) atoms. The first-order valence-electron chi connectivity index (χ1n) is 8.83. The lowest BCUT2D eigenvalue weighted by Crippen LogP contribution is -2.40. The molecule has 128 valence electrons. The number of nitrogens with zero attached hydrogens (tertiary/aromatic N) is 1. The fourth-order valence-electron chi connectivity index (χ4n) is 3.97.